The molecule has 0 spiro atoms. The van der Waals surface area contributed by atoms with Gasteiger partial charge in [-0.2, -0.15) is 0 Å². The number of amides is 6. The van der Waals surface area contributed by atoms with Crippen LogP contribution in [0.1, 0.15) is 81.5 Å². The molecular formula is C41H47N11O8. The second kappa shape index (κ2) is 17.9. The van der Waals surface area contributed by atoms with Crippen LogP contribution < -0.4 is 21.3 Å². The second-order valence-corrected chi connectivity index (χ2v) is 15.5. The van der Waals surface area contributed by atoms with Crippen molar-refractivity contribution in [1.82, 2.24) is 44.9 Å². The van der Waals surface area contributed by atoms with Crippen LogP contribution >= 0.6 is 0 Å². The van der Waals surface area contributed by atoms with Crippen molar-refractivity contribution < 1.29 is 38.2 Å². The van der Waals surface area contributed by atoms with Gasteiger partial charge in [-0.05, 0) is 69.2 Å². The molecule has 4 aliphatic rings. The van der Waals surface area contributed by atoms with Gasteiger partial charge in [0, 0.05) is 56.1 Å². The molecule has 1 unspecified atom stereocenters. The molecule has 19 nitrogen and oxygen atoms in total. The Kier molecular flexibility index (Phi) is 12.1. The van der Waals surface area contributed by atoms with E-state index in [1.807, 2.05) is 24.0 Å². The van der Waals surface area contributed by atoms with E-state index in [0.29, 0.717) is 54.8 Å². The summed E-state index contributed by atoms with van der Waals surface area (Å²) < 4.78 is 13.3. The number of ether oxygens (including phenoxy) is 2. The first-order chi connectivity index (χ1) is 29.1. The number of carbonyl (C=O) groups excluding carboxylic acids is 6. The summed E-state index contributed by atoms with van der Waals surface area (Å²) in [7, 11) is 0. The van der Waals surface area contributed by atoms with Crippen molar-refractivity contribution >= 4 is 58.1 Å². The van der Waals surface area contributed by atoms with Gasteiger partial charge in [-0.25, -0.2) is 19.9 Å². The van der Waals surface area contributed by atoms with Crippen molar-refractivity contribution in [3.8, 4) is 0 Å². The van der Waals surface area contributed by atoms with Crippen LogP contribution in [0.2, 0.25) is 0 Å². The van der Waals surface area contributed by atoms with Gasteiger partial charge in [-0.3, -0.25) is 39.0 Å². The topological polar surface area (TPSA) is 232 Å². The lowest BCUT2D eigenvalue weighted by molar-refractivity contribution is -0.138. The molecule has 314 valence electrons. The Bertz CT molecular complexity index is 2300. The van der Waals surface area contributed by atoms with E-state index in [1.165, 1.54) is 6.33 Å². The molecule has 3 aromatic heterocycles. The minimum atomic E-state index is -1.03. The average molecular weight is 822 g/mol. The number of nitrogens with zero attached hydrogens (tertiary/aromatic N) is 7. The Labute approximate surface area is 345 Å². The largest absolute Gasteiger partial charge is 0.382 e. The molecular weight excluding hydrogens is 775 g/mol. The fraction of sp³-hybridized carbons (Fsp3) is 0.463. The van der Waals surface area contributed by atoms with Crippen LogP contribution in [0.25, 0.3) is 11.2 Å². The molecule has 6 heterocycles. The quantitative estimate of drug-likeness (QED) is 0.0934. The van der Waals surface area contributed by atoms with Crippen LogP contribution in [-0.4, -0.2) is 134 Å². The Morgan fingerprint density at radius 3 is 2.50 bits per heavy atom. The Balaban J connectivity index is 0.702. The summed E-state index contributed by atoms with van der Waals surface area (Å²) in [4.78, 5) is 96.4. The van der Waals surface area contributed by atoms with Gasteiger partial charge in [0.2, 0.25) is 17.7 Å². The van der Waals surface area contributed by atoms with E-state index in [0.717, 1.165) is 41.9 Å². The minimum absolute atomic E-state index is 0.0416. The SMILES string of the molecule is Cc1cccc(C(=O)NC2CC(n3cnc4c(NCC5CCN(C(=O)COCCOCCNc6cccc7c6C(=O)N(C6CCC(=O)NC6=O)C7=O)CC5)ncnc43)C2)n1. The molecule has 4 aromatic rings. The van der Waals surface area contributed by atoms with Crippen LogP contribution in [-0.2, 0) is 23.9 Å². The van der Waals surface area contributed by atoms with Crippen molar-refractivity contribution in [2.45, 2.75) is 63.6 Å². The zero-order chi connectivity index (χ0) is 41.8. The first-order valence-corrected chi connectivity index (χ1v) is 20.3. The van der Waals surface area contributed by atoms with Crippen molar-refractivity contribution in [3.63, 3.8) is 0 Å². The van der Waals surface area contributed by atoms with Gasteiger partial charge in [0.05, 0.1) is 37.3 Å². The minimum Gasteiger partial charge on any atom is -0.382 e. The molecule has 1 saturated carbocycles. The highest BCUT2D eigenvalue weighted by molar-refractivity contribution is 6.25. The number of hydrogen-bond acceptors (Lipinski definition) is 14. The molecule has 0 radical (unpaired) electrons. The van der Waals surface area contributed by atoms with E-state index in [-0.39, 0.29) is 74.3 Å². The maximum Gasteiger partial charge on any atom is 0.270 e. The van der Waals surface area contributed by atoms with Gasteiger partial charge < -0.3 is 34.9 Å². The summed E-state index contributed by atoms with van der Waals surface area (Å²) in [6.45, 7) is 4.88. The first-order valence-electron chi connectivity index (χ1n) is 20.3. The maximum atomic E-state index is 13.3. The normalized spacial score (nSPS) is 20.5. The summed E-state index contributed by atoms with van der Waals surface area (Å²) in [5.41, 5.74) is 3.50. The summed E-state index contributed by atoms with van der Waals surface area (Å²) >= 11 is 0. The predicted octanol–water partition coefficient (Wildman–Crippen LogP) is 1.86. The Hall–Kier alpha value is -6.34. The molecule has 2 saturated heterocycles. The predicted molar refractivity (Wildman–Crippen MR) is 215 cm³/mol. The third kappa shape index (κ3) is 8.67. The van der Waals surface area contributed by atoms with Gasteiger partial charge in [0.15, 0.2) is 11.5 Å². The molecule has 3 aliphatic heterocycles. The maximum absolute atomic E-state index is 13.3. The molecule has 3 fully saturated rings. The summed E-state index contributed by atoms with van der Waals surface area (Å²) in [6.07, 6.45) is 6.69. The van der Waals surface area contributed by atoms with E-state index in [1.54, 1.807) is 30.6 Å². The van der Waals surface area contributed by atoms with Crippen LogP contribution in [0.4, 0.5) is 11.5 Å². The van der Waals surface area contributed by atoms with E-state index in [9.17, 15) is 28.8 Å². The third-order valence-electron chi connectivity index (χ3n) is 11.5. The van der Waals surface area contributed by atoms with Crippen LogP contribution in [0.3, 0.4) is 0 Å². The van der Waals surface area contributed by atoms with E-state index in [2.05, 4.69) is 45.8 Å². The summed E-state index contributed by atoms with van der Waals surface area (Å²) in [5.74, 6) is -1.45. The number of aryl methyl sites for hydroxylation is 1. The average Bonchev–Trinajstić information content (AvgIpc) is 3.77. The fourth-order valence-electron chi connectivity index (χ4n) is 8.13. The number of imide groups is 2. The van der Waals surface area contributed by atoms with Crippen molar-refractivity contribution in [2.75, 3.05) is 63.2 Å². The van der Waals surface area contributed by atoms with Crippen molar-refractivity contribution in [3.05, 3.63) is 71.6 Å². The van der Waals surface area contributed by atoms with Gasteiger partial charge in [0.1, 0.15) is 30.2 Å². The fourth-order valence-corrected chi connectivity index (χ4v) is 8.13. The van der Waals surface area contributed by atoms with Crippen LogP contribution in [0.15, 0.2) is 49.1 Å². The smallest absolute Gasteiger partial charge is 0.270 e. The highest BCUT2D eigenvalue weighted by Crippen LogP contribution is 2.35. The van der Waals surface area contributed by atoms with Crippen LogP contribution in [0.5, 0.6) is 0 Å². The second-order valence-electron chi connectivity index (χ2n) is 15.5. The lowest BCUT2D eigenvalue weighted by Crippen LogP contribution is -2.54. The number of nitrogens with one attached hydrogen (secondary N) is 4. The number of pyridine rings is 1. The molecule has 1 atom stereocenters. The molecule has 19 heteroatoms. The van der Waals surface area contributed by atoms with E-state index in [4.69, 9.17) is 9.47 Å². The number of fused-ring (bicyclic) bond motifs is 2. The van der Waals surface area contributed by atoms with E-state index < -0.39 is 29.7 Å². The zero-order valence-corrected chi connectivity index (χ0v) is 33.2. The number of piperidine rings is 2. The number of carbonyl (C=O) groups is 6. The Morgan fingerprint density at radius 2 is 1.70 bits per heavy atom. The van der Waals surface area contributed by atoms with Gasteiger partial charge in [-0.1, -0.05) is 12.1 Å². The monoisotopic (exact) mass is 821 g/mol. The lowest BCUT2D eigenvalue weighted by Gasteiger charge is -2.36. The Morgan fingerprint density at radius 1 is 0.900 bits per heavy atom. The molecule has 8 rings (SSSR count). The number of aromatic nitrogens is 5. The molecule has 1 aliphatic carbocycles. The van der Waals surface area contributed by atoms with Crippen molar-refractivity contribution in [1.29, 1.82) is 0 Å². The van der Waals surface area contributed by atoms with Gasteiger partial charge >= 0.3 is 0 Å². The first kappa shape index (κ1) is 40.4. The van der Waals surface area contributed by atoms with E-state index >= 15 is 0 Å². The zero-order valence-electron chi connectivity index (χ0n) is 33.2. The van der Waals surface area contributed by atoms with Crippen LogP contribution in [0, 0.1) is 12.8 Å². The molecule has 1 aromatic carbocycles. The highest BCUT2D eigenvalue weighted by Gasteiger charge is 2.45. The number of anilines is 2. The molecule has 60 heavy (non-hydrogen) atoms. The highest BCUT2D eigenvalue weighted by atomic mass is 16.5. The number of hydrogen-bond donors (Lipinski definition) is 4. The lowest BCUT2D eigenvalue weighted by atomic mass is 9.86. The number of likely N-dealkylation sites (tertiary alicyclic amines) is 1. The molecule has 0 bridgehead atoms. The van der Waals surface area contributed by atoms with Gasteiger partial charge in [0.25, 0.3) is 17.7 Å². The van der Waals surface area contributed by atoms with Crippen molar-refractivity contribution in [2.24, 2.45) is 5.92 Å². The summed E-state index contributed by atoms with van der Waals surface area (Å²) in [5, 5.41) is 11.9. The summed E-state index contributed by atoms with van der Waals surface area (Å²) in [6, 6.07) is 9.48. The number of imidazole rings is 1. The molecule has 6 amide bonds. The number of rotatable bonds is 16. The van der Waals surface area contributed by atoms with Gasteiger partial charge in [-0.15, -0.1) is 0 Å². The third-order valence-corrected chi connectivity index (χ3v) is 11.5. The molecule has 4 N–H and O–H groups in total. The number of benzene rings is 1. The standard InChI is InChI=1S/C41H47N11O8/c1-24-4-2-7-30(47-24)38(55)48-26-18-27(19-26)51-23-46-35-36(44-22-45-37(35)51)43-20-25-10-13-50(14-11-25)33(54)21-60-17-16-59-15-12-42-29-6-3-5-28-34(29)41(58)52(40(28)57)31-8-9-32(53)49-39(31)56/h2-7,22-23,25-27,31,42H,8-21H2,1H3,(H,48,55)(H,43,44,45)(H,49,53,56).